The van der Waals surface area contributed by atoms with Crippen molar-refractivity contribution in [3.8, 4) is 5.75 Å². The molecule has 0 amide bonds. The first kappa shape index (κ1) is 19.9. The van der Waals surface area contributed by atoms with E-state index in [1.54, 1.807) is 17.8 Å². The van der Waals surface area contributed by atoms with Crippen LogP contribution in [-0.2, 0) is 0 Å². The normalized spacial score (nSPS) is 15.1. The molecule has 0 atom stereocenters. The Morgan fingerprint density at radius 2 is 2.03 bits per heavy atom. The van der Waals surface area contributed by atoms with E-state index in [0.29, 0.717) is 16.1 Å². The Bertz CT molecular complexity index is 969. The van der Waals surface area contributed by atoms with Gasteiger partial charge in [0.15, 0.2) is 11.5 Å². The number of halogens is 1. The second kappa shape index (κ2) is 8.96. The minimum absolute atomic E-state index is 0.635. The number of hydrogen-bond donors (Lipinski definition) is 1. The van der Waals surface area contributed by atoms with Crippen LogP contribution in [0.15, 0.2) is 35.3 Å². The molecule has 0 spiro atoms. The summed E-state index contributed by atoms with van der Waals surface area (Å²) < 4.78 is 8.07. The van der Waals surface area contributed by atoms with Crippen molar-refractivity contribution in [3.63, 3.8) is 0 Å². The minimum atomic E-state index is 0.635. The van der Waals surface area contributed by atoms with Gasteiger partial charge >= 0.3 is 0 Å². The van der Waals surface area contributed by atoms with Crippen molar-refractivity contribution in [2.24, 2.45) is 0 Å². The van der Waals surface area contributed by atoms with E-state index in [9.17, 15) is 0 Å². The van der Waals surface area contributed by atoms with Crippen LogP contribution < -0.4 is 15.0 Å². The smallest absolute Gasteiger partial charge is 0.198 e. The maximum Gasteiger partial charge on any atom is 0.198 e. The molecule has 29 heavy (non-hydrogen) atoms. The van der Waals surface area contributed by atoms with Gasteiger partial charge in [-0.2, -0.15) is 5.10 Å². The van der Waals surface area contributed by atoms with Crippen molar-refractivity contribution in [2.45, 2.75) is 19.8 Å². The third-order valence-corrected chi connectivity index (χ3v) is 5.60. The number of rotatable bonds is 7. The first-order valence-electron chi connectivity index (χ1n) is 9.96. The number of nitrogens with zero attached hydrogens (tertiary/aromatic N) is 6. The molecule has 4 rings (SSSR count). The van der Waals surface area contributed by atoms with Crippen LogP contribution in [0.25, 0.3) is 5.65 Å². The molecule has 0 aliphatic carbocycles. The zero-order valence-electron chi connectivity index (χ0n) is 16.8. The molecule has 3 heterocycles. The Morgan fingerprint density at radius 3 is 2.79 bits per heavy atom. The zero-order valence-corrected chi connectivity index (χ0v) is 18.4. The van der Waals surface area contributed by atoms with Gasteiger partial charge in [0.2, 0.25) is 0 Å². The Balaban J connectivity index is 1.51. The molecule has 1 aliphatic heterocycles. The summed E-state index contributed by atoms with van der Waals surface area (Å²) in [6.45, 7) is 7.66. The lowest BCUT2D eigenvalue weighted by Gasteiger charge is -2.36. The van der Waals surface area contributed by atoms with Crippen molar-refractivity contribution in [2.75, 3.05) is 50.1 Å². The van der Waals surface area contributed by atoms with E-state index in [1.165, 1.54) is 25.7 Å². The fourth-order valence-corrected chi connectivity index (χ4v) is 4.00. The quantitative estimate of drug-likeness (QED) is 0.578. The average Bonchev–Trinajstić information content (AvgIpc) is 3.21. The standard InChI is InChI=1S/C20H26BrN7O/c1-3-4-7-26-8-10-27(11-9-26)16-6-5-15(12-17(16)29-2)24-19-20-22-14-23-28(20)13-18(21)25-19/h5-6,12-14H,3-4,7-11H2,1-2H3,(H,24,25). The average molecular weight is 460 g/mol. The fourth-order valence-electron chi connectivity index (χ4n) is 3.63. The lowest BCUT2D eigenvalue weighted by atomic mass is 10.2. The van der Waals surface area contributed by atoms with Gasteiger partial charge in [-0.15, -0.1) is 0 Å². The first-order chi connectivity index (χ1) is 14.2. The van der Waals surface area contributed by atoms with Gasteiger partial charge in [-0.25, -0.2) is 14.5 Å². The topological polar surface area (TPSA) is 70.8 Å². The van der Waals surface area contributed by atoms with Gasteiger partial charge in [-0.3, -0.25) is 4.90 Å². The lowest BCUT2D eigenvalue weighted by Crippen LogP contribution is -2.46. The van der Waals surface area contributed by atoms with E-state index in [0.717, 1.165) is 43.3 Å². The van der Waals surface area contributed by atoms with Crippen LogP contribution in [0.1, 0.15) is 19.8 Å². The fraction of sp³-hybridized carbons (Fsp3) is 0.450. The predicted molar refractivity (Wildman–Crippen MR) is 118 cm³/mol. The number of unbranched alkanes of at least 4 members (excludes halogenated alkanes) is 1. The number of benzene rings is 1. The summed E-state index contributed by atoms with van der Waals surface area (Å²) in [5, 5.41) is 7.51. The van der Waals surface area contributed by atoms with E-state index in [2.05, 4.69) is 65.2 Å². The SMILES string of the molecule is CCCCN1CCN(c2ccc(Nc3nc(Br)cn4ncnc34)cc2OC)CC1. The molecule has 154 valence electrons. The summed E-state index contributed by atoms with van der Waals surface area (Å²) in [6, 6.07) is 6.17. The molecule has 1 saturated heterocycles. The van der Waals surface area contributed by atoms with Gasteiger partial charge in [0, 0.05) is 37.9 Å². The monoisotopic (exact) mass is 459 g/mol. The highest BCUT2D eigenvalue weighted by Crippen LogP contribution is 2.33. The second-order valence-electron chi connectivity index (χ2n) is 7.13. The molecule has 1 aliphatic rings. The number of aromatic nitrogens is 4. The maximum atomic E-state index is 5.71. The van der Waals surface area contributed by atoms with E-state index < -0.39 is 0 Å². The van der Waals surface area contributed by atoms with Crippen molar-refractivity contribution in [1.29, 1.82) is 0 Å². The van der Waals surface area contributed by atoms with Crippen LogP contribution in [0, 0.1) is 0 Å². The third-order valence-electron chi connectivity index (χ3n) is 5.22. The summed E-state index contributed by atoms with van der Waals surface area (Å²) in [5.41, 5.74) is 2.69. The van der Waals surface area contributed by atoms with Crippen LogP contribution in [-0.4, -0.2) is 64.3 Å². The minimum Gasteiger partial charge on any atom is -0.495 e. The van der Waals surface area contributed by atoms with Crippen LogP contribution in [0.4, 0.5) is 17.2 Å². The number of anilines is 3. The highest BCUT2D eigenvalue weighted by atomic mass is 79.9. The van der Waals surface area contributed by atoms with E-state index in [1.807, 2.05) is 6.07 Å². The van der Waals surface area contributed by atoms with Gasteiger partial charge in [-0.1, -0.05) is 13.3 Å². The Hall–Kier alpha value is -2.39. The predicted octanol–water partition coefficient (Wildman–Crippen LogP) is 3.56. The molecule has 9 heteroatoms. The molecule has 8 nitrogen and oxygen atoms in total. The summed E-state index contributed by atoms with van der Waals surface area (Å²) in [5.74, 6) is 1.49. The van der Waals surface area contributed by atoms with Crippen molar-refractivity contribution in [1.82, 2.24) is 24.5 Å². The van der Waals surface area contributed by atoms with Crippen molar-refractivity contribution < 1.29 is 4.74 Å². The van der Waals surface area contributed by atoms with Gasteiger partial charge < -0.3 is 15.0 Å². The van der Waals surface area contributed by atoms with Gasteiger partial charge in [0.1, 0.15) is 16.7 Å². The second-order valence-corrected chi connectivity index (χ2v) is 7.95. The molecule has 0 saturated carbocycles. The van der Waals surface area contributed by atoms with Gasteiger partial charge in [-0.05, 0) is 41.0 Å². The summed E-state index contributed by atoms with van der Waals surface area (Å²) in [4.78, 5) is 13.7. The summed E-state index contributed by atoms with van der Waals surface area (Å²) in [6.07, 6.45) is 5.80. The molecule has 1 N–H and O–H groups in total. The van der Waals surface area contributed by atoms with E-state index in [4.69, 9.17) is 4.74 Å². The van der Waals surface area contributed by atoms with Crippen molar-refractivity contribution in [3.05, 3.63) is 35.3 Å². The first-order valence-corrected chi connectivity index (χ1v) is 10.8. The maximum absolute atomic E-state index is 5.71. The lowest BCUT2D eigenvalue weighted by molar-refractivity contribution is 0.253. The number of fused-ring (bicyclic) bond motifs is 1. The molecule has 0 radical (unpaired) electrons. The highest BCUT2D eigenvalue weighted by Gasteiger charge is 2.20. The van der Waals surface area contributed by atoms with Crippen LogP contribution in [0.5, 0.6) is 5.75 Å². The number of methoxy groups -OCH3 is 1. The number of ether oxygens (including phenoxy) is 1. The Kier molecular flexibility index (Phi) is 6.15. The molecular weight excluding hydrogens is 434 g/mol. The zero-order chi connectivity index (χ0) is 20.2. The molecule has 2 aromatic heterocycles. The molecule has 0 unspecified atom stereocenters. The van der Waals surface area contributed by atoms with Crippen LogP contribution in [0.2, 0.25) is 0 Å². The Morgan fingerprint density at radius 1 is 1.21 bits per heavy atom. The largest absolute Gasteiger partial charge is 0.495 e. The molecule has 1 fully saturated rings. The van der Waals surface area contributed by atoms with E-state index >= 15 is 0 Å². The number of hydrogen-bond acceptors (Lipinski definition) is 7. The van der Waals surface area contributed by atoms with E-state index in [-0.39, 0.29) is 0 Å². The van der Waals surface area contributed by atoms with Crippen LogP contribution >= 0.6 is 15.9 Å². The summed E-state index contributed by atoms with van der Waals surface area (Å²) in [7, 11) is 1.72. The molecule has 0 bridgehead atoms. The number of nitrogens with one attached hydrogen (secondary N) is 1. The molecule has 1 aromatic carbocycles. The Labute approximate surface area is 179 Å². The number of piperazine rings is 1. The molecular formula is C20H26BrN7O. The molecule has 3 aromatic rings. The summed E-state index contributed by atoms with van der Waals surface area (Å²) >= 11 is 3.42. The van der Waals surface area contributed by atoms with Crippen LogP contribution in [0.3, 0.4) is 0 Å². The van der Waals surface area contributed by atoms with Gasteiger partial charge in [0.25, 0.3) is 0 Å². The third kappa shape index (κ3) is 4.45. The highest BCUT2D eigenvalue weighted by molar-refractivity contribution is 9.10. The van der Waals surface area contributed by atoms with Gasteiger partial charge in [0.05, 0.1) is 19.0 Å². The van der Waals surface area contributed by atoms with Crippen molar-refractivity contribution >= 4 is 38.8 Å².